The first-order valence-electron chi connectivity index (χ1n) is 9.24. The molecule has 0 bridgehead atoms. The number of hydrogen-bond acceptors (Lipinski definition) is 3. The van der Waals surface area contributed by atoms with Crippen LogP contribution in [0.3, 0.4) is 0 Å². The number of unbranched alkanes of at least 4 members (excludes halogenated alkanes) is 1. The zero-order valence-electron chi connectivity index (χ0n) is 15.7. The topological polar surface area (TPSA) is 45.5 Å². The molecule has 1 aliphatic heterocycles. The molecule has 1 unspecified atom stereocenters. The number of thioether (sulfide) groups is 1. The third kappa shape index (κ3) is 5.72. The standard InChI is InChI=1S/C18H33N5S/c1-5-19-18(23-12-13-24-17(14-23)15(2)3)21-8-6-7-10-22-11-9-20-16(22)4/h9,11,15,17H,5-8,10,12-14H2,1-4H3,(H,19,21). The fourth-order valence-electron chi connectivity index (χ4n) is 2.92. The number of aromatic nitrogens is 2. The van der Waals surface area contributed by atoms with Crippen LogP contribution >= 0.6 is 11.8 Å². The SMILES string of the molecule is CCNC(=NCCCCn1ccnc1C)N1CCSC(C(C)C)C1. The summed E-state index contributed by atoms with van der Waals surface area (Å²) in [6.45, 7) is 13.9. The summed E-state index contributed by atoms with van der Waals surface area (Å²) < 4.78 is 2.21. The predicted octanol–water partition coefficient (Wildman–Crippen LogP) is 3.01. The Hall–Kier alpha value is -1.17. The zero-order valence-corrected chi connectivity index (χ0v) is 16.5. The molecule has 2 rings (SSSR count). The van der Waals surface area contributed by atoms with E-state index in [1.54, 1.807) is 0 Å². The van der Waals surface area contributed by atoms with Crippen LogP contribution in [0.25, 0.3) is 0 Å². The van der Waals surface area contributed by atoms with Crippen LogP contribution in [0.15, 0.2) is 17.4 Å². The second kappa shape index (κ2) is 9.97. The van der Waals surface area contributed by atoms with E-state index in [1.807, 2.05) is 6.20 Å². The molecule has 1 atom stereocenters. The molecule has 0 aliphatic carbocycles. The predicted molar refractivity (Wildman–Crippen MR) is 105 cm³/mol. The lowest BCUT2D eigenvalue weighted by Crippen LogP contribution is -2.49. The maximum atomic E-state index is 4.87. The molecule has 0 spiro atoms. The van der Waals surface area contributed by atoms with Crippen molar-refractivity contribution < 1.29 is 0 Å². The average Bonchev–Trinajstić information content (AvgIpc) is 2.99. The Bertz CT molecular complexity index is 511. The van der Waals surface area contributed by atoms with Crippen molar-refractivity contribution in [2.45, 2.75) is 52.3 Å². The second-order valence-electron chi connectivity index (χ2n) is 6.71. The van der Waals surface area contributed by atoms with Gasteiger partial charge in [-0.1, -0.05) is 13.8 Å². The quantitative estimate of drug-likeness (QED) is 0.466. The van der Waals surface area contributed by atoms with Crippen LogP contribution in [0, 0.1) is 12.8 Å². The van der Waals surface area contributed by atoms with Gasteiger partial charge >= 0.3 is 0 Å². The maximum absolute atomic E-state index is 4.87. The van der Waals surface area contributed by atoms with Crippen LogP contribution in [0.1, 0.15) is 39.4 Å². The molecule has 136 valence electrons. The summed E-state index contributed by atoms with van der Waals surface area (Å²) in [5.74, 6) is 4.12. The van der Waals surface area contributed by atoms with Gasteiger partial charge in [0.05, 0.1) is 0 Å². The van der Waals surface area contributed by atoms with Crippen LogP contribution in [0.5, 0.6) is 0 Å². The minimum absolute atomic E-state index is 0.715. The Morgan fingerprint density at radius 3 is 2.96 bits per heavy atom. The van der Waals surface area contributed by atoms with Crippen molar-refractivity contribution in [3.8, 4) is 0 Å². The minimum Gasteiger partial charge on any atom is -0.357 e. The van der Waals surface area contributed by atoms with Crippen LogP contribution < -0.4 is 5.32 Å². The van der Waals surface area contributed by atoms with Crippen molar-refractivity contribution >= 4 is 17.7 Å². The molecule has 0 radical (unpaired) electrons. The van der Waals surface area contributed by atoms with Gasteiger partial charge in [0.1, 0.15) is 5.82 Å². The van der Waals surface area contributed by atoms with Crippen molar-refractivity contribution in [2.75, 3.05) is 31.9 Å². The average molecular weight is 352 g/mol. The maximum Gasteiger partial charge on any atom is 0.193 e. The van der Waals surface area contributed by atoms with E-state index in [9.17, 15) is 0 Å². The van der Waals surface area contributed by atoms with Gasteiger partial charge in [-0.15, -0.1) is 0 Å². The fraction of sp³-hybridized carbons (Fsp3) is 0.778. The zero-order chi connectivity index (χ0) is 17.4. The molecule has 1 aromatic heterocycles. The van der Waals surface area contributed by atoms with Crippen LogP contribution in [-0.2, 0) is 6.54 Å². The van der Waals surface area contributed by atoms with Gasteiger partial charge in [0.15, 0.2) is 5.96 Å². The smallest absolute Gasteiger partial charge is 0.193 e. The molecule has 1 aromatic rings. The second-order valence-corrected chi connectivity index (χ2v) is 8.06. The molecule has 1 saturated heterocycles. The molecule has 24 heavy (non-hydrogen) atoms. The van der Waals surface area contributed by atoms with Crippen molar-refractivity contribution in [1.29, 1.82) is 0 Å². The third-order valence-corrected chi connectivity index (χ3v) is 6.00. The molecule has 5 nitrogen and oxygen atoms in total. The number of guanidine groups is 1. The van der Waals surface area contributed by atoms with Gasteiger partial charge in [-0.25, -0.2) is 4.98 Å². The highest BCUT2D eigenvalue weighted by atomic mass is 32.2. The number of aliphatic imine (C=N–C) groups is 1. The van der Waals surface area contributed by atoms with Gasteiger partial charge in [-0.2, -0.15) is 11.8 Å². The van der Waals surface area contributed by atoms with E-state index in [0.29, 0.717) is 5.25 Å². The molecule has 1 N–H and O–H groups in total. The van der Waals surface area contributed by atoms with E-state index in [1.165, 1.54) is 5.75 Å². The van der Waals surface area contributed by atoms with Crippen molar-refractivity contribution in [3.05, 3.63) is 18.2 Å². The number of rotatable bonds is 7. The highest BCUT2D eigenvalue weighted by Crippen LogP contribution is 2.24. The Labute approximate surface area is 151 Å². The summed E-state index contributed by atoms with van der Waals surface area (Å²) in [7, 11) is 0. The number of nitrogens with zero attached hydrogens (tertiary/aromatic N) is 4. The van der Waals surface area contributed by atoms with Gasteiger partial charge in [-0.05, 0) is 32.6 Å². The molecule has 1 fully saturated rings. The minimum atomic E-state index is 0.715. The number of nitrogens with one attached hydrogen (secondary N) is 1. The Morgan fingerprint density at radius 2 is 2.29 bits per heavy atom. The van der Waals surface area contributed by atoms with E-state index >= 15 is 0 Å². The van der Waals surface area contributed by atoms with Gasteiger partial charge in [0, 0.05) is 56.1 Å². The first-order chi connectivity index (χ1) is 11.6. The van der Waals surface area contributed by atoms with Crippen LogP contribution in [0.2, 0.25) is 0 Å². The number of imidazole rings is 1. The highest BCUT2D eigenvalue weighted by Gasteiger charge is 2.24. The lowest BCUT2D eigenvalue weighted by molar-refractivity contribution is 0.380. The molecule has 6 heteroatoms. The third-order valence-electron chi connectivity index (χ3n) is 4.46. The lowest BCUT2D eigenvalue weighted by atomic mass is 10.1. The Balaban J connectivity index is 1.80. The van der Waals surface area contributed by atoms with E-state index in [-0.39, 0.29) is 0 Å². The van der Waals surface area contributed by atoms with E-state index < -0.39 is 0 Å². The van der Waals surface area contributed by atoms with Crippen molar-refractivity contribution in [2.24, 2.45) is 10.9 Å². The van der Waals surface area contributed by atoms with Gasteiger partial charge in [-0.3, -0.25) is 4.99 Å². The summed E-state index contributed by atoms with van der Waals surface area (Å²) in [4.78, 5) is 11.6. The van der Waals surface area contributed by atoms with Crippen molar-refractivity contribution in [3.63, 3.8) is 0 Å². The van der Waals surface area contributed by atoms with Crippen molar-refractivity contribution in [1.82, 2.24) is 19.8 Å². The summed E-state index contributed by atoms with van der Waals surface area (Å²) in [5.41, 5.74) is 0. The summed E-state index contributed by atoms with van der Waals surface area (Å²) >= 11 is 2.11. The van der Waals surface area contributed by atoms with E-state index in [4.69, 9.17) is 4.99 Å². The van der Waals surface area contributed by atoms with Crippen LogP contribution in [0.4, 0.5) is 0 Å². The van der Waals surface area contributed by atoms with E-state index in [0.717, 1.165) is 63.3 Å². The van der Waals surface area contributed by atoms with Crippen LogP contribution in [-0.4, -0.2) is 57.6 Å². The largest absolute Gasteiger partial charge is 0.357 e. The molecule has 1 aliphatic rings. The van der Waals surface area contributed by atoms with Gasteiger partial charge in [0.2, 0.25) is 0 Å². The van der Waals surface area contributed by atoms with E-state index in [2.05, 4.69) is 65.4 Å². The lowest BCUT2D eigenvalue weighted by Gasteiger charge is -2.36. The van der Waals surface area contributed by atoms with Gasteiger partial charge in [0.25, 0.3) is 0 Å². The fourth-order valence-corrected chi connectivity index (χ4v) is 4.21. The molecular weight excluding hydrogens is 318 g/mol. The molecular formula is C18H33N5S. The summed E-state index contributed by atoms with van der Waals surface area (Å²) in [5, 5.41) is 4.19. The first-order valence-corrected chi connectivity index (χ1v) is 10.3. The summed E-state index contributed by atoms with van der Waals surface area (Å²) in [6, 6.07) is 0. The number of hydrogen-bond donors (Lipinski definition) is 1. The molecule has 0 saturated carbocycles. The Kier molecular flexibility index (Phi) is 7.95. The Morgan fingerprint density at radius 1 is 1.46 bits per heavy atom. The van der Waals surface area contributed by atoms with Gasteiger partial charge < -0.3 is 14.8 Å². The molecule has 0 amide bonds. The number of aryl methyl sites for hydroxylation is 2. The molecule has 2 heterocycles. The molecule has 0 aromatic carbocycles. The monoisotopic (exact) mass is 351 g/mol. The highest BCUT2D eigenvalue weighted by molar-refractivity contribution is 8.00. The summed E-state index contributed by atoms with van der Waals surface area (Å²) in [6.07, 6.45) is 6.18. The normalized spacial score (nSPS) is 19.1. The first kappa shape index (κ1) is 19.2.